The number of nitrogens with one attached hydrogen (secondary N) is 3. The normalized spacial score (nSPS) is 24.0. The molecule has 4 rings (SSSR count). The SMILES string of the molecule is CC1CN(Cc2ccccc2)CC(C)C1NC(=O)c1n[nH]c2c1CNCC2.Cl.Cl. The zero-order valence-corrected chi connectivity index (χ0v) is 18.6. The molecule has 1 aromatic carbocycles. The highest BCUT2D eigenvalue weighted by atomic mass is 35.5. The third-order valence-corrected chi connectivity index (χ3v) is 5.89. The summed E-state index contributed by atoms with van der Waals surface area (Å²) in [5.74, 6) is 0.750. The fraction of sp³-hybridized carbons (Fsp3) is 0.524. The van der Waals surface area contributed by atoms with Crippen LogP contribution in [0.15, 0.2) is 30.3 Å². The van der Waals surface area contributed by atoms with Crippen molar-refractivity contribution in [1.29, 1.82) is 0 Å². The number of carbonyl (C=O) groups excluding carboxylic acids is 1. The van der Waals surface area contributed by atoms with E-state index in [4.69, 9.17) is 0 Å². The van der Waals surface area contributed by atoms with Crippen molar-refractivity contribution in [2.45, 2.75) is 39.4 Å². The van der Waals surface area contributed by atoms with E-state index >= 15 is 0 Å². The van der Waals surface area contributed by atoms with Gasteiger partial charge in [0.25, 0.3) is 5.91 Å². The first-order chi connectivity index (χ1) is 13.1. The summed E-state index contributed by atoms with van der Waals surface area (Å²) in [4.78, 5) is 15.4. The number of piperidine rings is 1. The molecule has 0 radical (unpaired) electrons. The van der Waals surface area contributed by atoms with E-state index in [1.165, 1.54) is 5.56 Å². The van der Waals surface area contributed by atoms with Crippen molar-refractivity contribution in [3.8, 4) is 0 Å². The van der Waals surface area contributed by atoms with Crippen LogP contribution >= 0.6 is 24.8 Å². The van der Waals surface area contributed by atoms with Crippen molar-refractivity contribution in [3.63, 3.8) is 0 Å². The van der Waals surface area contributed by atoms with E-state index in [9.17, 15) is 4.79 Å². The van der Waals surface area contributed by atoms with E-state index in [-0.39, 0.29) is 36.8 Å². The summed E-state index contributed by atoms with van der Waals surface area (Å²) in [6, 6.07) is 10.8. The Balaban J connectivity index is 0.00000150. The number of carbonyl (C=O) groups is 1. The third kappa shape index (κ3) is 5.31. The average Bonchev–Trinajstić information content (AvgIpc) is 3.10. The molecular formula is C21H31Cl2N5O. The van der Waals surface area contributed by atoms with E-state index < -0.39 is 0 Å². The first-order valence-electron chi connectivity index (χ1n) is 9.96. The number of H-pyrrole nitrogens is 1. The van der Waals surface area contributed by atoms with Gasteiger partial charge in [0, 0.05) is 56.4 Å². The lowest BCUT2D eigenvalue weighted by atomic mass is 9.85. The number of aromatic amines is 1. The summed E-state index contributed by atoms with van der Waals surface area (Å²) in [5.41, 5.74) is 4.02. The molecular weight excluding hydrogens is 409 g/mol. The lowest BCUT2D eigenvalue weighted by molar-refractivity contribution is 0.0728. The van der Waals surface area contributed by atoms with Gasteiger partial charge < -0.3 is 10.6 Å². The molecule has 160 valence electrons. The molecule has 3 N–H and O–H groups in total. The van der Waals surface area contributed by atoms with Gasteiger partial charge in [-0.3, -0.25) is 14.8 Å². The van der Waals surface area contributed by atoms with E-state index in [1.54, 1.807) is 0 Å². The molecule has 0 aliphatic carbocycles. The standard InChI is InChI=1S/C21H29N5O.2ClH/c1-14-11-26(13-16-6-4-3-5-7-16)12-15(2)19(14)23-21(27)20-17-10-22-9-8-18(17)24-25-20;;/h3-7,14-15,19,22H,8-13H2,1-2H3,(H,23,27)(H,24,25);2*1H. The van der Waals surface area contributed by atoms with Crippen LogP contribution in [0.4, 0.5) is 0 Å². The molecule has 0 saturated carbocycles. The Kier molecular flexibility index (Phi) is 8.52. The molecule has 1 aromatic heterocycles. The second kappa shape index (κ2) is 10.4. The Hall–Kier alpha value is -1.60. The molecule has 6 nitrogen and oxygen atoms in total. The van der Waals surface area contributed by atoms with Crippen molar-refractivity contribution in [3.05, 3.63) is 52.8 Å². The predicted octanol–water partition coefficient (Wildman–Crippen LogP) is 2.79. The van der Waals surface area contributed by atoms with Crippen molar-refractivity contribution in [2.75, 3.05) is 19.6 Å². The number of amides is 1. The van der Waals surface area contributed by atoms with Gasteiger partial charge in [0.1, 0.15) is 0 Å². The monoisotopic (exact) mass is 439 g/mol. The van der Waals surface area contributed by atoms with E-state index in [0.717, 1.165) is 50.4 Å². The van der Waals surface area contributed by atoms with Gasteiger partial charge in [-0.1, -0.05) is 44.2 Å². The molecule has 2 aromatic rings. The molecule has 2 unspecified atom stereocenters. The molecule has 2 aliphatic rings. The second-order valence-corrected chi connectivity index (χ2v) is 8.09. The van der Waals surface area contributed by atoms with E-state index in [0.29, 0.717) is 17.5 Å². The quantitative estimate of drug-likeness (QED) is 0.684. The van der Waals surface area contributed by atoms with Gasteiger partial charge in [0.05, 0.1) is 0 Å². The van der Waals surface area contributed by atoms with Crippen LogP contribution in [-0.4, -0.2) is 46.7 Å². The molecule has 0 spiro atoms. The summed E-state index contributed by atoms with van der Waals surface area (Å²) < 4.78 is 0. The van der Waals surface area contributed by atoms with Gasteiger partial charge in [-0.15, -0.1) is 24.8 Å². The van der Waals surface area contributed by atoms with Crippen LogP contribution in [0.5, 0.6) is 0 Å². The number of hydrogen-bond acceptors (Lipinski definition) is 4. The first kappa shape index (κ1) is 23.7. The van der Waals surface area contributed by atoms with Gasteiger partial charge in [-0.05, 0) is 17.4 Å². The summed E-state index contributed by atoms with van der Waals surface area (Å²) in [6.07, 6.45) is 0.903. The van der Waals surface area contributed by atoms with Crippen LogP contribution in [-0.2, 0) is 19.5 Å². The Morgan fingerprint density at radius 1 is 1.17 bits per heavy atom. The van der Waals surface area contributed by atoms with Gasteiger partial charge in [0.15, 0.2) is 5.69 Å². The largest absolute Gasteiger partial charge is 0.347 e. The maximum absolute atomic E-state index is 12.9. The Morgan fingerprint density at radius 2 is 1.86 bits per heavy atom. The highest BCUT2D eigenvalue weighted by Gasteiger charge is 2.34. The minimum atomic E-state index is -0.0450. The lowest BCUT2D eigenvalue weighted by Crippen LogP contribution is -2.54. The average molecular weight is 440 g/mol. The number of halogens is 2. The first-order valence-corrected chi connectivity index (χ1v) is 9.96. The van der Waals surface area contributed by atoms with Crippen LogP contribution in [0.3, 0.4) is 0 Å². The topological polar surface area (TPSA) is 73.0 Å². The van der Waals surface area contributed by atoms with Crippen LogP contribution in [0.25, 0.3) is 0 Å². The molecule has 1 saturated heterocycles. The van der Waals surface area contributed by atoms with E-state index in [1.807, 2.05) is 0 Å². The Labute approximate surface area is 185 Å². The predicted molar refractivity (Wildman–Crippen MR) is 120 cm³/mol. The Morgan fingerprint density at radius 3 is 2.55 bits per heavy atom. The van der Waals surface area contributed by atoms with Gasteiger partial charge >= 0.3 is 0 Å². The number of fused-ring (bicyclic) bond motifs is 1. The minimum Gasteiger partial charge on any atom is -0.347 e. The van der Waals surface area contributed by atoms with Gasteiger partial charge in [-0.2, -0.15) is 5.10 Å². The number of hydrogen-bond donors (Lipinski definition) is 3. The number of aromatic nitrogens is 2. The number of likely N-dealkylation sites (tertiary alicyclic amines) is 1. The van der Waals surface area contributed by atoms with Gasteiger partial charge in [-0.25, -0.2) is 0 Å². The van der Waals surface area contributed by atoms with Crippen molar-refractivity contribution >= 4 is 30.7 Å². The molecule has 0 bridgehead atoms. The molecule has 2 atom stereocenters. The molecule has 2 aliphatic heterocycles. The number of benzene rings is 1. The van der Waals surface area contributed by atoms with Gasteiger partial charge in [0.2, 0.25) is 0 Å². The summed E-state index contributed by atoms with van der Waals surface area (Å²) >= 11 is 0. The van der Waals surface area contributed by atoms with Crippen LogP contribution in [0, 0.1) is 11.8 Å². The summed E-state index contributed by atoms with van der Waals surface area (Å²) in [7, 11) is 0. The van der Waals surface area contributed by atoms with Crippen LogP contribution in [0.1, 0.15) is 41.2 Å². The number of nitrogens with zero attached hydrogens (tertiary/aromatic N) is 2. The fourth-order valence-corrected chi connectivity index (χ4v) is 4.57. The zero-order valence-electron chi connectivity index (χ0n) is 17.0. The highest BCUT2D eigenvalue weighted by Crippen LogP contribution is 2.24. The second-order valence-electron chi connectivity index (χ2n) is 8.09. The molecule has 3 heterocycles. The summed E-state index contributed by atoms with van der Waals surface area (Å²) in [5, 5.41) is 13.9. The maximum Gasteiger partial charge on any atom is 0.272 e. The van der Waals surface area contributed by atoms with E-state index in [2.05, 4.69) is 69.9 Å². The molecule has 1 fully saturated rings. The zero-order chi connectivity index (χ0) is 18.8. The third-order valence-electron chi connectivity index (χ3n) is 5.89. The highest BCUT2D eigenvalue weighted by molar-refractivity contribution is 5.94. The molecule has 1 amide bonds. The van der Waals surface area contributed by atoms with Crippen LogP contribution < -0.4 is 10.6 Å². The fourth-order valence-electron chi connectivity index (χ4n) is 4.57. The van der Waals surface area contributed by atoms with Crippen molar-refractivity contribution in [1.82, 2.24) is 25.7 Å². The smallest absolute Gasteiger partial charge is 0.272 e. The minimum absolute atomic E-state index is 0. The maximum atomic E-state index is 12.9. The molecule has 29 heavy (non-hydrogen) atoms. The van der Waals surface area contributed by atoms with Crippen molar-refractivity contribution in [2.24, 2.45) is 11.8 Å². The Bertz CT molecular complexity index is 786. The summed E-state index contributed by atoms with van der Waals surface area (Å²) in [6.45, 7) is 9.07. The molecule has 8 heteroatoms. The van der Waals surface area contributed by atoms with Crippen molar-refractivity contribution < 1.29 is 4.79 Å². The van der Waals surface area contributed by atoms with Crippen LogP contribution in [0.2, 0.25) is 0 Å². The number of rotatable bonds is 4. The lowest BCUT2D eigenvalue weighted by Gasteiger charge is -2.41.